The molecule has 54 valence electrons. The van der Waals surface area contributed by atoms with Crippen LogP contribution in [-0.2, 0) is 0 Å². The van der Waals surface area contributed by atoms with Gasteiger partial charge in [0.25, 0.3) is 0 Å². The van der Waals surface area contributed by atoms with Crippen LogP contribution in [0.4, 0.5) is 4.39 Å². The molecule has 0 amide bonds. The lowest BCUT2D eigenvalue weighted by molar-refractivity contribution is 0.145. The maximum absolute atomic E-state index is 12.8. The van der Waals surface area contributed by atoms with E-state index in [0.717, 1.165) is 12.8 Å². The van der Waals surface area contributed by atoms with E-state index in [1.54, 1.807) is 0 Å². The highest BCUT2D eigenvalue weighted by Crippen LogP contribution is 2.30. The third-order valence-electron chi connectivity index (χ3n) is 2.36. The van der Waals surface area contributed by atoms with E-state index in [0.29, 0.717) is 11.8 Å². The molecule has 3 atom stereocenters. The fourth-order valence-electron chi connectivity index (χ4n) is 1.46. The summed E-state index contributed by atoms with van der Waals surface area (Å²) in [6.45, 7) is 4.15. The molecule has 0 spiro atoms. The Balaban J connectivity index is 2.35. The minimum absolute atomic E-state index is 0.321. The van der Waals surface area contributed by atoms with Gasteiger partial charge in [0, 0.05) is 0 Å². The molecule has 2 unspecified atom stereocenters. The van der Waals surface area contributed by atoms with Gasteiger partial charge in [0.15, 0.2) is 0 Å². The molecule has 0 saturated heterocycles. The normalized spacial score (nSPS) is 45.0. The molecule has 0 bridgehead atoms. The second kappa shape index (κ2) is 2.68. The first-order chi connectivity index (χ1) is 4.20. The molecule has 0 aliphatic heterocycles. The Hall–Kier alpha value is -0.0700. The Morgan fingerprint density at radius 1 is 1.22 bits per heavy atom. The Labute approximate surface area is 56.5 Å². The predicted octanol–water partition coefficient (Wildman–Crippen LogP) is 2.78. The fraction of sp³-hybridized carbons (Fsp3) is 1.00. The van der Waals surface area contributed by atoms with E-state index in [2.05, 4.69) is 6.92 Å². The Morgan fingerprint density at radius 3 is 2.33 bits per heavy atom. The molecule has 9 heavy (non-hydrogen) atoms. The minimum Gasteiger partial charge on any atom is -0.247 e. The van der Waals surface area contributed by atoms with Crippen LogP contribution in [0.2, 0.25) is 0 Å². The molecule has 0 heterocycles. The van der Waals surface area contributed by atoms with Crippen molar-refractivity contribution in [3.8, 4) is 0 Å². The molecule has 0 aromatic heterocycles. The standard InChI is InChI=1S/C8H15F/c1-6-3-4-7(2)8(9)5-6/h6-8H,3-5H2,1-2H3/t6-,7?,8?/m0/s1. The van der Waals surface area contributed by atoms with Crippen LogP contribution in [0, 0.1) is 11.8 Å². The summed E-state index contributed by atoms with van der Waals surface area (Å²) in [5.41, 5.74) is 0. The van der Waals surface area contributed by atoms with E-state index in [9.17, 15) is 4.39 Å². The van der Waals surface area contributed by atoms with E-state index >= 15 is 0 Å². The maximum atomic E-state index is 12.8. The van der Waals surface area contributed by atoms with Gasteiger partial charge in [-0.15, -0.1) is 0 Å². The van der Waals surface area contributed by atoms with Crippen LogP contribution >= 0.6 is 0 Å². The van der Waals surface area contributed by atoms with Gasteiger partial charge < -0.3 is 0 Å². The van der Waals surface area contributed by atoms with Gasteiger partial charge in [0.05, 0.1) is 0 Å². The lowest BCUT2D eigenvalue weighted by Crippen LogP contribution is -2.22. The summed E-state index contributed by atoms with van der Waals surface area (Å²) in [5, 5.41) is 0. The van der Waals surface area contributed by atoms with Gasteiger partial charge in [0.2, 0.25) is 0 Å². The molecule has 0 radical (unpaired) electrons. The quantitative estimate of drug-likeness (QED) is 0.473. The average Bonchev–Trinajstić information content (AvgIpc) is 1.80. The number of alkyl halides is 1. The summed E-state index contributed by atoms with van der Waals surface area (Å²) >= 11 is 0. The average molecular weight is 130 g/mol. The van der Waals surface area contributed by atoms with Crippen LogP contribution in [0.5, 0.6) is 0 Å². The lowest BCUT2D eigenvalue weighted by atomic mass is 9.83. The molecule has 1 heteroatoms. The molecule has 0 nitrogen and oxygen atoms in total. The van der Waals surface area contributed by atoms with Crippen LogP contribution in [0.15, 0.2) is 0 Å². The maximum Gasteiger partial charge on any atom is 0.103 e. The van der Waals surface area contributed by atoms with Gasteiger partial charge in [-0.2, -0.15) is 0 Å². The highest BCUT2D eigenvalue weighted by atomic mass is 19.1. The van der Waals surface area contributed by atoms with E-state index in [1.807, 2.05) is 6.92 Å². The van der Waals surface area contributed by atoms with Crippen LogP contribution in [0.1, 0.15) is 33.1 Å². The molecule has 1 saturated carbocycles. The van der Waals surface area contributed by atoms with Gasteiger partial charge in [-0.1, -0.05) is 20.3 Å². The molecule has 1 rings (SSSR count). The number of hydrogen-bond acceptors (Lipinski definition) is 0. The fourth-order valence-corrected chi connectivity index (χ4v) is 1.46. The van der Waals surface area contributed by atoms with Crippen LogP contribution < -0.4 is 0 Å². The third-order valence-corrected chi connectivity index (χ3v) is 2.36. The van der Waals surface area contributed by atoms with Crippen LogP contribution in [0.25, 0.3) is 0 Å². The third kappa shape index (κ3) is 1.67. The first kappa shape index (κ1) is 7.04. The van der Waals surface area contributed by atoms with Crippen molar-refractivity contribution >= 4 is 0 Å². The molecule has 0 N–H and O–H groups in total. The van der Waals surface area contributed by atoms with Crippen molar-refractivity contribution in [1.29, 1.82) is 0 Å². The zero-order valence-electron chi connectivity index (χ0n) is 6.23. The monoisotopic (exact) mass is 130 g/mol. The summed E-state index contributed by atoms with van der Waals surface area (Å²) in [5.74, 6) is 0.942. The molecule has 0 aromatic rings. The van der Waals surface area contributed by atoms with Gasteiger partial charge in [-0.05, 0) is 24.7 Å². The molecule has 1 aliphatic carbocycles. The lowest BCUT2D eigenvalue weighted by Gasteiger charge is -2.26. The summed E-state index contributed by atoms with van der Waals surface area (Å²) in [6, 6.07) is 0. The summed E-state index contributed by atoms with van der Waals surface area (Å²) in [6.07, 6.45) is 2.58. The zero-order chi connectivity index (χ0) is 6.85. The summed E-state index contributed by atoms with van der Waals surface area (Å²) in [7, 11) is 0. The first-order valence-electron chi connectivity index (χ1n) is 3.84. The van der Waals surface area contributed by atoms with E-state index in [-0.39, 0.29) is 0 Å². The highest BCUT2D eigenvalue weighted by molar-refractivity contribution is 4.74. The summed E-state index contributed by atoms with van der Waals surface area (Å²) < 4.78 is 12.8. The minimum atomic E-state index is -0.520. The van der Waals surface area contributed by atoms with Crippen molar-refractivity contribution in [1.82, 2.24) is 0 Å². The topological polar surface area (TPSA) is 0 Å². The molecule has 1 fully saturated rings. The second-order valence-electron chi connectivity index (χ2n) is 3.41. The van der Waals surface area contributed by atoms with E-state index in [4.69, 9.17) is 0 Å². The number of rotatable bonds is 0. The Bertz CT molecular complexity index is 90.6. The smallest absolute Gasteiger partial charge is 0.103 e. The molecule has 1 aliphatic rings. The molecular weight excluding hydrogens is 115 g/mol. The van der Waals surface area contributed by atoms with Gasteiger partial charge in [-0.3, -0.25) is 0 Å². The van der Waals surface area contributed by atoms with Gasteiger partial charge in [0.1, 0.15) is 6.17 Å². The van der Waals surface area contributed by atoms with E-state index in [1.165, 1.54) is 6.42 Å². The van der Waals surface area contributed by atoms with E-state index < -0.39 is 6.17 Å². The molecule has 0 aromatic carbocycles. The second-order valence-corrected chi connectivity index (χ2v) is 3.41. The van der Waals surface area contributed by atoms with Crippen molar-refractivity contribution in [3.63, 3.8) is 0 Å². The van der Waals surface area contributed by atoms with Crippen molar-refractivity contribution < 1.29 is 4.39 Å². The van der Waals surface area contributed by atoms with Crippen molar-refractivity contribution in [2.45, 2.75) is 39.3 Å². The summed E-state index contributed by atoms with van der Waals surface area (Å²) in [4.78, 5) is 0. The van der Waals surface area contributed by atoms with Gasteiger partial charge >= 0.3 is 0 Å². The zero-order valence-corrected chi connectivity index (χ0v) is 6.23. The Kier molecular flexibility index (Phi) is 2.09. The Morgan fingerprint density at radius 2 is 1.89 bits per heavy atom. The van der Waals surface area contributed by atoms with Crippen molar-refractivity contribution in [2.24, 2.45) is 11.8 Å². The highest BCUT2D eigenvalue weighted by Gasteiger charge is 2.24. The SMILES string of the molecule is CC1CC[C@H](C)CC1F. The van der Waals surface area contributed by atoms with Crippen molar-refractivity contribution in [3.05, 3.63) is 0 Å². The van der Waals surface area contributed by atoms with Crippen molar-refractivity contribution in [2.75, 3.05) is 0 Å². The van der Waals surface area contributed by atoms with Gasteiger partial charge in [-0.25, -0.2) is 4.39 Å². The molecular formula is C8H15F. The predicted molar refractivity (Wildman–Crippen MR) is 37.1 cm³/mol. The van der Waals surface area contributed by atoms with Crippen LogP contribution in [-0.4, -0.2) is 6.17 Å². The first-order valence-corrected chi connectivity index (χ1v) is 3.84. The number of halogens is 1. The largest absolute Gasteiger partial charge is 0.247 e. The van der Waals surface area contributed by atoms with Crippen LogP contribution in [0.3, 0.4) is 0 Å². The number of hydrogen-bond donors (Lipinski definition) is 0.